The fourth-order valence-corrected chi connectivity index (χ4v) is 1.42. The van der Waals surface area contributed by atoms with Crippen LogP contribution in [0.2, 0.25) is 0 Å². The molecule has 1 aliphatic carbocycles. The first-order valence-corrected chi connectivity index (χ1v) is 3.67. The van der Waals surface area contributed by atoms with Gasteiger partial charge in [0.15, 0.2) is 0 Å². The van der Waals surface area contributed by atoms with Crippen LogP contribution in [-0.4, -0.2) is 5.54 Å². The molecule has 1 aliphatic rings. The molecule has 0 aromatic rings. The maximum absolute atomic E-state index is 10.6. The van der Waals surface area contributed by atoms with Crippen LogP contribution in [0.15, 0.2) is 0 Å². The van der Waals surface area contributed by atoms with Crippen LogP contribution in [0, 0.1) is 11.1 Å². The van der Waals surface area contributed by atoms with E-state index >= 15 is 0 Å². The van der Waals surface area contributed by atoms with Crippen LogP contribution in [0.25, 0.3) is 0 Å². The molecule has 0 heterocycles. The third-order valence-corrected chi connectivity index (χ3v) is 2.67. The van der Waals surface area contributed by atoms with Crippen LogP contribution in [0.4, 0.5) is 0 Å². The summed E-state index contributed by atoms with van der Waals surface area (Å²) in [5.74, 6) is 0.545. The number of hydrogen-bond acceptors (Lipinski definition) is 1. The molecule has 1 saturated carbocycles. The Balaban J connectivity index is 2.46. The zero-order valence-corrected chi connectivity index (χ0v) is 6.18. The van der Waals surface area contributed by atoms with Gasteiger partial charge < -0.3 is 10.7 Å². The van der Waals surface area contributed by atoms with E-state index in [4.69, 9.17) is 0 Å². The average Bonchev–Trinajstić information content (AvgIpc) is 1.62. The number of hydroxylamine groups is 1. The van der Waals surface area contributed by atoms with E-state index < -0.39 is 0 Å². The van der Waals surface area contributed by atoms with Crippen molar-refractivity contribution in [2.75, 3.05) is 0 Å². The molecule has 0 radical (unpaired) electrons. The lowest BCUT2D eigenvalue weighted by Crippen LogP contribution is -2.95. The van der Waals surface area contributed by atoms with E-state index in [0.717, 1.165) is 18.3 Å². The van der Waals surface area contributed by atoms with Crippen LogP contribution in [0.1, 0.15) is 33.1 Å². The van der Waals surface area contributed by atoms with Gasteiger partial charge in [-0.1, -0.05) is 13.8 Å². The van der Waals surface area contributed by atoms with Crippen molar-refractivity contribution < 1.29 is 5.48 Å². The van der Waals surface area contributed by atoms with Crippen molar-refractivity contribution in [1.82, 2.24) is 0 Å². The van der Waals surface area contributed by atoms with Gasteiger partial charge in [0.05, 0.1) is 5.54 Å². The van der Waals surface area contributed by atoms with Crippen molar-refractivity contribution in [1.29, 1.82) is 0 Å². The van der Waals surface area contributed by atoms with Crippen LogP contribution in [-0.2, 0) is 0 Å². The molecular weight excluding hydrogens is 114 g/mol. The average molecular weight is 129 g/mol. The molecule has 1 fully saturated rings. The Morgan fingerprint density at radius 1 is 1.44 bits per heavy atom. The second-order valence-electron chi connectivity index (χ2n) is 3.36. The highest BCUT2D eigenvalue weighted by molar-refractivity contribution is 4.89. The van der Waals surface area contributed by atoms with Gasteiger partial charge >= 0.3 is 0 Å². The molecule has 0 bridgehead atoms. The molecule has 0 aromatic carbocycles. The summed E-state index contributed by atoms with van der Waals surface area (Å²) in [7, 11) is 0. The minimum atomic E-state index is 0.0833. The van der Waals surface area contributed by atoms with Gasteiger partial charge in [-0.15, -0.1) is 0 Å². The fourth-order valence-electron chi connectivity index (χ4n) is 1.42. The second kappa shape index (κ2) is 2.27. The molecule has 0 aromatic heterocycles. The van der Waals surface area contributed by atoms with Crippen molar-refractivity contribution in [3.05, 3.63) is 5.21 Å². The van der Waals surface area contributed by atoms with Gasteiger partial charge in [0.2, 0.25) is 0 Å². The molecule has 0 atom stereocenters. The number of quaternary nitrogens is 1. The topological polar surface area (TPSA) is 39.7 Å². The highest BCUT2D eigenvalue weighted by Gasteiger charge is 2.41. The van der Waals surface area contributed by atoms with Crippen molar-refractivity contribution in [3.8, 4) is 0 Å². The Kier molecular flexibility index (Phi) is 1.78. The molecule has 9 heavy (non-hydrogen) atoms. The Bertz CT molecular complexity index is 91.6. The minimum absolute atomic E-state index is 0.0833. The molecule has 0 aliphatic heterocycles. The smallest absolute Gasteiger partial charge is 0.0981 e. The molecule has 2 heteroatoms. The summed E-state index contributed by atoms with van der Waals surface area (Å²) in [5.41, 5.74) is 1.24. The van der Waals surface area contributed by atoms with E-state index in [0.29, 0.717) is 5.92 Å². The molecule has 0 saturated heterocycles. The van der Waals surface area contributed by atoms with Gasteiger partial charge in [0.25, 0.3) is 0 Å². The van der Waals surface area contributed by atoms with E-state index in [1.165, 1.54) is 6.42 Å². The first-order valence-electron chi connectivity index (χ1n) is 3.67. The summed E-state index contributed by atoms with van der Waals surface area (Å²) in [6.45, 7) is 4.26. The lowest BCUT2D eigenvalue weighted by Gasteiger charge is -2.44. The zero-order valence-electron chi connectivity index (χ0n) is 6.18. The maximum atomic E-state index is 10.6. The molecule has 2 nitrogen and oxygen atoms in total. The molecule has 0 spiro atoms. The summed E-state index contributed by atoms with van der Waals surface area (Å²) >= 11 is 0. The quantitative estimate of drug-likeness (QED) is 0.546. The third kappa shape index (κ3) is 0.970. The van der Waals surface area contributed by atoms with E-state index in [-0.39, 0.29) is 5.54 Å². The third-order valence-electron chi connectivity index (χ3n) is 2.67. The van der Waals surface area contributed by atoms with Gasteiger partial charge in [-0.05, 0) is 6.42 Å². The summed E-state index contributed by atoms with van der Waals surface area (Å²) in [6, 6.07) is 0. The van der Waals surface area contributed by atoms with Crippen molar-refractivity contribution in [2.45, 2.75) is 38.6 Å². The lowest BCUT2D eigenvalue weighted by molar-refractivity contribution is -0.691. The molecule has 0 unspecified atom stereocenters. The van der Waals surface area contributed by atoms with Crippen LogP contribution < -0.4 is 5.48 Å². The van der Waals surface area contributed by atoms with E-state index in [1.54, 1.807) is 0 Å². The zero-order chi connectivity index (χ0) is 6.91. The highest BCUT2D eigenvalue weighted by Crippen LogP contribution is 2.34. The highest BCUT2D eigenvalue weighted by atomic mass is 16.5. The van der Waals surface area contributed by atoms with Gasteiger partial charge in [0, 0.05) is 18.8 Å². The lowest BCUT2D eigenvalue weighted by atomic mass is 9.70. The fraction of sp³-hybridized carbons (Fsp3) is 1.00. The second-order valence-corrected chi connectivity index (χ2v) is 3.36. The number of rotatable bonds is 2. The predicted molar refractivity (Wildman–Crippen MR) is 36.7 cm³/mol. The van der Waals surface area contributed by atoms with Crippen LogP contribution in [0.5, 0.6) is 0 Å². The van der Waals surface area contributed by atoms with Gasteiger partial charge in [-0.25, -0.2) is 0 Å². The van der Waals surface area contributed by atoms with Gasteiger partial charge in [-0.3, -0.25) is 0 Å². The van der Waals surface area contributed by atoms with E-state index in [9.17, 15) is 5.21 Å². The Labute approximate surface area is 56.2 Å². The molecule has 1 rings (SSSR count). The normalized spacial score (nSPS) is 24.0. The van der Waals surface area contributed by atoms with E-state index in [2.05, 4.69) is 13.8 Å². The molecule has 54 valence electrons. The summed E-state index contributed by atoms with van der Waals surface area (Å²) in [6.07, 6.45) is 3.49. The van der Waals surface area contributed by atoms with Gasteiger partial charge in [-0.2, -0.15) is 0 Å². The van der Waals surface area contributed by atoms with Crippen molar-refractivity contribution in [3.63, 3.8) is 0 Å². The van der Waals surface area contributed by atoms with Gasteiger partial charge in [0.1, 0.15) is 0 Å². The predicted octanol–water partition coefficient (Wildman–Crippen LogP) is 0.626. The van der Waals surface area contributed by atoms with Crippen molar-refractivity contribution >= 4 is 0 Å². The van der Waals surface area contributed by atoms with Crippen molar-refractivity contribution in [2.24, 2.45) is 5.92 Å². The minimum Gasteiger partial charge on any atom is -0.635 e. The molecule has 0 amide bonds. The SMILES string of the molecule is CC(C)C1([NH2+][O-])CCC1. The monoisotopic (exact) mass is 129 g/mol. The van der Waals surface area contributed by atoms with Crippen LogP contribution in [0.3, 0.4) is 0 Å². The number of nitrogens with two attached hydrogens (primary N) is 1. The summed E-state index contributed by atoms with van der Waals surface area (Å²) in [4.78, 5) is 0. The summed E-state index contributed by atoms with van der Waals surface area (Å²) < 4.78 is 0. The van der Waals surface area contributed by atoms with Crippen LogP contribution >= 0.6 is 0 Å². The Hall–Kier alpha value is -0.0800. The first kappa shape index (κ1) is 7.03. The first-order chi connectivity index (χ1) is 4.21. The number of hydrogen-bond donors (Lipinski definition) is 1. The largest absolute Gasteiger partial charge is 0.635 e. The molecular formula is C7H15NO. The van der Waals surface area contributed by atoms with E-state index in [1.807, 2.05) is 0 Å². The Morgan fingerprint density at radius 2 is 2.00 bits per heavy atom. The molecule has 2 N–H and O–H groups in total. The Morgan fingerprint density at radius 3 is 2.00 bits per heavy atom. The maximum Gasteiger partial charge on any atom is 0.0981 e. The summed E-state index contributed by atoms with van der Waals surface area (Å²) in [5, 5.41) is 10.6. The standard InChI is InChI=1S/C7H15NO/c1-6(2)7(8-9)4-3-5-7/h6H,3-5,8H2,1-2H3.